The Morgan fingerprint density at radius 2 is 2.00 bits per heavy atom. The zero-order valence-electron chi connectivity index (χ0n) is 17.3. The molecule has 0 bridgehead atoms. The van der Waals surface area contributed by atoms with Crippen LogP contribution in [0.3, 0.4) is 0 Å². The predicted molar refractivity (Wildman–Crippen MR) is 125 cm³/mol. The topological polar surface area (TPSA) is 70.9 Å². The van der Waals surface area contributed by atoms with Crippen LogP contribution in [0.15, 0.2) is 42.7 Å². The Morgan fingerprint density at radius 1 is 1.20 bits per heavy atom. The lowest BCUT2D eigenvalue weighted by Gasteiger charge is -2.33. The van der Waals surface area contributed by atoms with Gasteiger partial charge in [0.15, 0.2) is 0 Å². The molecule has 30 heavy (non-hydrogen) atoms. The molecule has 0 spiro atoms. The van der Waals surface area contributed by atoms with Crippen molar-refractivity contribution < 1.29 is 0 Å². The van der Waals surface area contributed by atoms with Gasteiger partial charge in [-0.15, -0.1) is 24.0 Å². The molecule has 1 saturated heterocycles. The lowest BCUT2D eigenvalue weighted by atomic mass is 10.2. The summed E-state index contributed by atoms with van der Waals surface area (Å²) in [6.45, 7) is 8.80. The molecule has 2 aromatic heterocycles. The molecule has 1 fully saturated rings. The third-order valence-electron chi connectivity index (χ3n) is 5.04. The quantitative estimate of drug-likeness (QED) is 0.446. The van der Waals surface area contributed by atoms with Crippen molar-refractivity contribution >= 4 is 41.3 Å². The lowest BCUT2D eigenvalue weighted by Crippen LogP contribution is -2.48. The van der Waals surface area contributed by atoms with Gasteiger partial charge >= 0.3 is 0 Å². The van der Waals surface area contributed by atoms with E-state index in [1.807, 2.05) is 37.4 Å². The molecule has 3 aromatic rings. The van der Waals surface area contributed by atoms with Crippen molar-refractivity contribution in [3.8, 4) is 11.4 Å². The molecule has 9 heteroatoms. The summed E-state index contributed by atoms with van der Waals surface area (Å²) in [4.78, 5) is 15.9. The third kappa shape index (κ3) is 4.69. The molecule has 160 valence electrons. The molecule has 0 radical (unpaired) electrons. The number of hydrogen-bond donors (Lipinski definition) is 2. The summed E-state index contributed by atoms with van der Waals surface area (Å²) < 4.78 is 2.18. The van der Waals surface area contributed by atoms with Gasteiger partial charge < -0.3 is 14.8 Å². The first-order valence-corrected chi connectivity index (χ1v) is 10.3. The van der Waals surface area contributed by atoms with E-state index in [9.17, 15) is 0 Å². The lowest BCUT2D eigenvalue weighted by molar-refractivity contribution is 0.553. The first-order chi connectivity index (χ1) is 14.0. The number of nitrogens with zero attached hydrogens (tertiary/aromatic N) is 5. The summed E-state index contributed by atoms with van der Waals surface area (Å²) in [7, 11) is 0. The fourth-order valence-electron chi connectivity index (χ4n) is 3.76. The second kappa shape index (κ2) is 9.64. The number of rotatable bonds is 5. The van der Waals surface area contributed by atoms with E-state index in [1.54, 1.807) is 6.20 Å². The van der Waals surface area contributed by atoms with Crippen molar-refractivity contribution in [2.75, 3.05) is 29.9 Å². The summed E-state index contributed by atoms with van der Waals surface area (Å²) in [5.41, 5.74) is 3.83. The van der Waals surface area contributed by atoms with Crippen molar-refractivity contribution in [3.05, 3.63) is 48.5 Å². The Balaban J connectivity index is 0.00000256. The monoisotopic (exact) mass is 447 g/mol. The molecule has 0 saturated carbocycles. The van der Waals surface area contributed by atoms with E-state index in [2.05, 4.69) is 50.0 Å². The summed E-state index contributed by atoms with van der Waals surface area (Å²) in [5, 5.41) is 6.66. The van der Waals surface area contributed by atoms with Crippen molar-refractivity contribution in [3.63, 3.8) is 0 Å². The average molecular weight is 448 g/mol. The Labute approximate surface area is 188 Å². The van der Waals surface area contributed by atoms with Crippen molar-refractivity contribution in [1.82, 2.24) is 24.8 Å². The van der Waals surface area contributed by atoms with Crippen LogP contribution in [0, 0.1) is 6.92 Å². The smallest absolute Gasteiger partial charge is 0.227 e. The molecule has 1 unspecified atom stereocenters. The second-order valence-electron chi connectivity index (χ2n) is 7.43. The standard InChI is InChI=1S/C21H26ClN7.ClH/c1-14(2)29-15(3)25-12-19(29)17-8-9-24-21(27-17)26-16-6-4-5-7-18(16)28-11-10-23-20(22)13-28;/h4-9,12,14,20,23H,10-11,13H2,1-3H3,(H,24,26,27);1H. The first-order valence-electron chi connectivity index (χ1n) is 9.88. The van der Waals surface area contributed by atoms with Crippen LogP contribution in [0.25, 0.3) is 11.4 Å². The first kappa shape index (κ1) is 22.3. The number of hydrogen-bond acceptors (Lipinski definition) is 6. The molecular weight excluding hydrogens is 421 g/mol. The maximum atomic E-state index is 6.30. The minimum absolute atomic E-state index is 0. The molecule has 1 atom stereocenters. The molecule has 1 aromatic carbocycles. The molecule has 0 amide bonds. The molecule has 1 aliphatic heterocycles. The van der Waals surface area contributed by atoms with E-state index in [0.29, 0.717) is 12.0 Å². The van der Waals surface area contributed by atoms with Crippen molar-refractivity contribution in [2.45, 2.75) is 32.3 Å². The van der Waals surface area contributed by atoms with E-state index < -0.39 is 0 Å². The van der Waals surface area contributed by atoms with E-state index >= 15 is 0 Å². The van der Waals surface area contributed by atoms with Crippen LogP contribution in [0.2, 0.25) is 0 Å². The molecule has 4 rings (SSSR count). The van der Waals surface area contributed by atoms with Gasteiger partial charge in [-0.1, -0.05) is 12.1 Å². The van der Waals surface area contributed by atoms with Crippen LogP contribution in [0.5, 0.6) is 0 Å². The minimum Gasteiger partial charge on any atom is -0.366 e. The molecular formula is C21H27Cl2N7. The van der Waals surface area contributed by atoms with Gasteiger partial charge in [0.05, 0.1) is 29.0 Å². The van der Waals surface area contributed by atoms with Gasteiger partial charge in [-0.05, 0) is 39.0 Å². The number of para-hydroxylation sites is 2. The Hall–Kier alpha value is -2.35. The molecule has 1 aliphatic rings. The van der Waals surface area contributed by atoms with Gasteiger partial charge in [0, 0.05) is 31.9 Å². The Bertz CT molecular complexity index is 989. The summed E-state index contributed by atoms with van der Waals surface area (Å²) in [5.74, 6) is 1.53. The number of halogens is 2. The van der Waals surface area contributed by atoms with Gasteiger partial charge in [0.1, 0.15) is 11.3 Å². The zero-order valence-corrected chi connectivity index (χ0v) is 18.9. The fraction of sp³-hybridized carbons (Fsp3) is 0.381. The minimum atomic E-state index is -0.0593. The van der Waals surface area contributed by atoms with Gasteiger partial charge in [-0.3, -0.25) is 5.32 Å². The normalized spacial score (nSPS) is 16.4. The van der Waals surface area contributed by atoms with Gasteiger partial charge in [-0.25, -0.2) is 15.0 Å². The van der Waals surface area contributed by atoms with Gasteiger partial charge in [0.2, 0.25) is 5.95 Å². The fourth-order valence-corrected chi connectivity index (χ4v) is 4.03. The van der Waals surface area contributed by atoms with Crippen LogP contribution >= 0.6 is 24.0 Å². The van der Waals surface area contributed by atoms with Crippen LogP contribution in [0.4, 0.5) is 17.3 Å². The highest BCUT2D eigenvalue weighted by molar-refractivity contribution is 6.20. The highest BCUT2D eigenvalue weighted by Gasteiger charge is 2.20. The SMILES string of the molecule is Cc1ncc(-c2ccnc(Nc3ccccc3N3CCNC(Cl)C3)n2)n1C(C)C.Cl. The number of anilines is 3. The van der Waals surface area contributed by atoms with Crippen LogP contribution in [0.1, 0.15) is 25.7 Å². The molecule has 7 nitrogen and oxygen atoms in total. The van der Waals surface area contributed by atoms with Crippen LogP contribution in [-0.4, -0.2) is 44.7 Å². The number of nitrogens with one attached hydrogen (secondary N) is 2. The maximum Gasteiger partial charge on any atom is 0.227 e. The second-order valence-corrected chi connectivity index (χ2v) is 7.96. The highest BCUT2D eigenvalue weighted by Crippen LogP contribution is 2.30. The zero-order chi connectivity index (χ0) is 20.4. The van der Waals surface area contributed by atoms with Crippen LogP contribution in [-0.2, 0) is 0 Å². The van der Waals surface area contributed by atoms with Crippen LogP contribution < -0.4 is 15.5 Å². The largest absolute Gasteiger partial charge is 0.366 e. The summed E-state index contributed by atoms with van der Waals surface area (Å²) in [6, 6.07) is 10.4. The average Bonchev–Trinajstić information content (AvgIpc) is 3.10. The Morgan fingerprint density at radius 3 is 2.77 bits per heavy atom. The molecule has 2 N–H and O–H groups in total. The van der Waals surface area contributed by atoms with Crippen molar-refractivity contribution in [2.24, 2.45) is 0 Å². The van der Waals surface area contributed by atoms with E-state index in [-0.39, 0.29) is 17.9 Å². The number of aryl methyl sites for hydroxylation is 1. The number of alkyl halides is 1. The van der Waals surface area contributed by atoms with E-state index in [0.717, 1.165) is 48.2 Å². The number of benzene rings is 1. The number of piperazine rings is 1. The Kier molecular flexibility index (Phi) is 7.18. The van der Waals surface area contributed by atoms with Crippen molar-refractivity contribution in [1.29, 1.82) is 0 Å². The van der Waals surface area contributed by atoms with Gasteiger partial charge in [0.25, 0.3) is 0 Å². The van der Waals surface area contributed by atoms with Gasteiger partial charge in [-0.2, -0.15) is 0 Å². The highest BCUT2D eigenvalue weighted by atomic mass is 35.5. The number of imidazole rings is 1. The summed E-state index contributed by atoms with van der Waals surface area (Å²) in [6.07, 6.45) is 3.65. The molecule has 0 aliphatic carbocycles. The molecule has 3 heterocycles. The maximum absolute atomic E-state index is 6.30. The third-order valence-corrected chi connectivity index (χ3v) is 5.33. The predicted octanol–water partition coefficient (Wildman–Crippen LogP) is 4.37. The summed E-state index contributed by atoms with van der Waals surface area (Å²) >= 11 is 6.30. The number of aromatic nitrogens is 4. The van der Waals surface area contributed by atoms with E-state index in [4.69, 9.17) is 16.6 Å². The van der Waals surface area contributed by atoms with E-state index in [1.165, 1.54) is 0 Å².